The molecule has 2 fully saturated rings. The summed E-state index contributed by atoms with van der Waals surface area (Å²) in [5.74, 6) is 1.33. The molecule has 4 rings (SSSR count). The molecule has 26 heavy (non-hydrogen) atoms. The van der Waals surface area contributed by atoms with Gasteiger partial charge < -0.3 is 4.90 Å². The molecule has 1 atom stereocenters. The van der Waals surface area contributed by atoms with Crippen molar-refractivity contribution in [3.05, 3.63) is 57.2 Å². The Morgan fingerprint density at radius 3 is 2.65 bits per heavy atom. The van der Waals surface area contributed by atoms with E-state index in [0.717, 1.165) is 56.0 Å². The third-order valence-corrected chi connectivity index (χ3v) is 8.47. The second-order valence-corrected chi connectivity index (χ2v) is 9.89. The van der Waals surface area contributed by atoms with Gasteiger partial charge in [-0.1, -0.05) is 48.7 Å². The summed E-state index contributed by atoms with van der Waals surface area (Å²) in [6.07, 6.45) is 5.30. The number of thioether (sulfide) groups is 1. The van der Waals surface area contributed by atoms with Crippen molar-refractivity contribution in [3.8, 4) is 0 Å². The Hall–Kier alpha value is -0.970. The van der Waals surface area contributed by atoms with Crippen LogP contribution in [0.2, 0.25) is 5.02 Å². The van der Waals surface area contributed by atoms with Gasteiger partial charge >= 0.3 is 0 Å². The summed E-state index contributed by atoms with van der Waals surface area (Å²) in [6, 6.07) is 12.4. The highest BCUT2D eigenvalue weighted by Crippen LogP contribution is 2.45. The highest BCUT2D eigenvalue weighted by Gasteiger charge is 2.45. The Morgan fingerprint density at radius 2 is 1.92 bits per heavy atom. The van der Waals surface area contributed by atoms with Gasteiger partial charge in [0.25, 0.3) is 0 Å². The van der Waals surface area contributed by atoms with E-state index in [1.165, 1.54) is 10.4 Å². The maximum absolute atomic E-state index is 13.6. The minimum atomic E-state index is -0.261. The minimum Gasteiger partial charge on any atom is -0.341 e. The molecule has 1 aliphatic carbocycles. The summed E-state index contributed by atoms with van der Waals surface area (Å²) in [7, 11) is 0. The first kappa shape index (κ1) is 18.4. The van der Waals surface area contributed by atoms with E-state index in [4.69, 9.17) is 11.6 Å². The maximum Gasteiger partial charge on any atom is 0.234 e. The predicted octanol–water partition coefficient (Wildman–Crippen LogP) is 5.92. The SMILES string of the molecule is O=C(N1CCSC(c2ccccc2Cl)CC1)C1(c2cccs2)CCCC1. The molecule has 2 nitrogen and oxygen atoms in total. The van der Waals surface area contributed by atoms with Crippen LogP contribution in [0.15, 0.2) is 41.8 Å². The standard InChI is InChI=1S/C21H24ClNOS2/c22-17-7-2-1-6-16(17)18-9-12-23(13-15-25-18)20(24)21(10-3-4-11-21)19-8-5-14-26-19/h1-2,5-8,14,18H,3-4,9-13,15H2. The lowest BCUT2D eigenvalue weighted by Gasteiger charge is -2.33. The fourth-order valence-electron chi connectivity index (χ4n) is 4.36. The Morgan fingerprint density at radius 1 is 1.12 bits per heavy atom. The minimum absolute atomic E-state index is 0.261. The van der Waals surface area contributed by atoms with Crippen LogP contribution in [0.5, 0.6) is 0 Å². The smallest absolute Gasteiger partial charge is 0.234 e. The van der Waals surface area contributed by atoms with Crippen LogP contribution in [0, 0.1) is 0 Å². The number of hydrogen-bond acceptors (Lipinski definition) is 3. The lowest BCUT2D eigenvalue weighted by Crippen LogP contribution is -2.46. The highest BCUT2D eigenvalue weighted by atomic mass is 35.5. The second-order valence-electron chi connectivity index (χ2n) is 7.23. The summed E-state index contributed by atoms with van der Waals surface area (Å²) < 4.78 is 0. The second kappa shape index (κ2) is 7.95. The van der Waals surface area contributed by atoms with Crippen molar-refractivity contribution < 1.29 is 4.79 Å². The van der Waals surface area contributed by atoms with E-state index in [0.29, 0.717) is 11.2 Å². The molecule has 2 aromatic rings. The van der Waals surface area contributed by atoms with Gasteiger partial charge in [-0.15, -0.1) is 11.3 Å². The first-order valence-electron chi connectivity index (χ1n) is 9.40. The van der Waals surface area contributed by atoms with Crippen LogP contribution in [-0.4, -0.2) is 29.6 Å². The van der Waals surface area contributed by atoms with E-state index in [1.54, 1.807) is 11.3 Å². The van der Waals surface area contributed by atoms with Gasteiger partial charge in [-0.05, 0) is 42.3 Å². The zero-order valence-corrected chi connectivity index (χ0v) is 17.2. The van der Waals surface area contributed by atoms with Crippen molar-refractivity contribution in [1.29, 1.82) is 0 Å². The summed E-state index contributed by atoms with van der Waals surface area (Å²) in [6.45, 7) is 1.67. The van der Waals surface area contributed by atoms with Gasteiger partial charge in [0.05, 0.1) is 5.41 Å². The van der Waals surface area contributed by atoms with Crippen molar-refractivity contribution in [2.45, 2.75) is 42.8 Å². The average Bonchev–Trinajstić information content (AvgIpc) is 3.30. The quantitative estimate of drug-likeness (QED) is 0.631. The number of benzene rings is 1. The van der Waals surface area contributed by atoms with Crippen molar-refractivity contribution in [1.82, 2.24) is 4.90 Å². The van der Waals surface area contributed by atoms with E-state index in [2.05, 4.69) is 34.5 Å². The first-order chi connectivity index (χ1) is 12.7. The van der Waals surface area contributed by atoms with Crippen molar-refractivity contribution in [2.24, 2.45) is 0 Å². The molecule has 2 aliphatic rings. The average molecular weight is 406 g/mol. The van der Waals surface area contributed by atoms with Gasteiger partial charge in [0.15, 0.2) is 0 Å². The topological polar surface area (TPSA) is 20.3 Å². The number of nitrogens with zero attached hydrogens (tertiary/aromatic N) is 1. The lowest BCUT2D eigenvalue weighted by atomic mass is 9.82. The molecule has 2 heterocycles. The molecular weight excluding hydrogens is 382 g/mol. The fourth-order valence-corrected chi connectivity index (χ4v) is 6.93. The summed E-state index contributed by atoms with van der Waals surface area (Å²) in [5, 5.41) is 3.33. The normalized spacial score (nSPS) is 23.0. The predicted molar refractivity (Wildman–Crippen MR) is 112 cm³/mol. The van der Waals surface area contributed by atoms with Crippen LogP contribution in [0.25, 0.3) is 0 Å². The van der Waals surface area contributed by atoms with Gasteiger partial charge in [-0.25, -0.2) is 0 Å². The molecule has 0 spiro atoms. The number of carbonyl (C=O) groups excluding carboxylic acids is 1. The fraction of sp³-hybridized carbons (Fsp3) is 0.476. The highest BCUT2D eigenvalue weighted by molar-refractivity contribution is 7.99. The van der Waals surface area contributed by atoms with Crippen LogP contribution >= 0.6 is 34.7 Å². The summed E-state index contributed by atoms with van der Waals surface area (Å²) in [4.78, 5) is 17.0. The summed E-state index contributed by atoms with van der Waals surface area (Å²) >= 11 is 10.1. The van der Waals surface area contributed by atoms with E-state index in [9.17, 15) is 4.79 Å². The Balaban J connectivity index is 1.52. The molecule has 1 aromatic heterocycles. The summed E-state index contributed by atoms with van der Waals surface area (Å²) in [5.41, 5.74) is 0.950. The molecule has 1 aromatic carbocycles. The number of carbonyl (C=O) groups is 1. The van der Waals surface area contributed by atoms with Crippen molar-refractivity contribution in [3.63, 3.8) is 0 Å². The Kier molecular flexibility index (Phi) is 5.63. The van der Waals surface area contributed by atoms with Crippen molar-refractivity contribution in [2.75, 3.05) is 18.8 Å². The number of halogens is 1. The molecule has 0 radical (unpaired) electrons. The molecule has 0 bridgehead atoms. The van der Waals surface area contributed by atoms with Gasteiger partial charge in [0.2, 0.25) is 5.91 Å². The van der Waals surface area contributed by atoms with Crippen molar-refractivity contribution >= 4 is 40.6 Å². The van der Waals surface area contributed by atoms with Gasteiger partial charge in [-0.3, -0.25) is 4.79 Å². The molecule has 1 amide bonds. The van der Waals surface area contributed by atoms with Gasteiger partial charge in [-0.2, -0.15) is 11.8 Å². The number of rotatable bonds is 3. The third-order valence-electron chi connectivity index (χ3n) is 5.74. The monoisotopic (exact) mass is 405 g/mol. The largest absolute Gasteiger partial charge is 0.341 e. The Bertz CT molecular complexity index is 755. The lowest BCUT2D eigenvalue weighted by molar-refractivity contribution is -0.137. The molecule has 1 saturated heterocycles. The van der Waals surface area contributed by atoms with Gasteiger partial charge in [0.1, 0.15) is 0 Å². The van der Waals surface area contributed by atoms with E-state index in [1.807, 2.05) is 23.9 Å². The third kappa shape index (κ3) is 3.44. The van der Waals surface area contributed by atoms with Crippen LogP contribution < -0.4 is 0 Å². The van der Waals surface area contributed by atoms with E-state index < -0.39 is 0 Å². The number of hydrogen-bond donors (Lipinski definition) is 0. The molecule has 5 heteroatoms. The maximum atomic E-state index is 13.6. The molecular formula is C21H24ClNOS2. The number of amides is 1. The van der Waals surface area contributed by atoms with E-state index >= 15 is 0 Å². The van der Waals surface area contributed by atoms with Gasteiger partial charge in [0, 0.05) is 34.0 Å². The Labute approximate surface area is 168 Å². The van der Waals surface area contributed by atoms with Crippen LogP contribution in [0.1, 0.15) is 47.8 Å². The number of thiophene rings is 1. The first-order valence-corrected chi connectivity index (χ1v) is 11.7. The molecule has 138 valence electrons. The van der Waals surface area contributed by atoms with E-state index in [-0.39, 0.29) is 5.41 Å². The molecule has 0 N–H and O–H groups in total. The molecule has 1 unspecified atom stereocenters. The molecule has 1 aliphatic heterocycles. The van der Waals surface area contributed by atoms with Crippen LogP contribution in [0.3, 0.4) is 0 Å². The van der Waals surface area contributed by atoms with Crippen LogP contribution in [0.4, 0.5) is 0 Å². The zero-order valence-electron chi connectivity index (χ0n) is 14.8. The van der Waals surface area contributed by atoms with Crippen LogP contribution in [-0.2, 0) is 10.2 Å². The zero-order chi connectivity index (χ0) is 18.0. The molecule has 1 saturated carbocycles.